The van der Waals surface area contributed by atoms with Crippen LogP contribution in [0.3, 0.4) is 0 Å². The number of hydrogen-bond acceptors (Lipinski definition) is 6. The second-order valence-electron chi connectivity index (χ2n) is 4.94. The summed E-state index contributed by atoms with van der Waals surface area (Å²) in [6.07, 6.45) is -4.76. The minimum atomic E-state index is -1.14. The molecule has 0 aromatic heterocycles. The Balaban J connectivity index is 1.74. The van der Waals surface area contributed by atoms with Gasteiger partial charge in [0.05, 0.1) is 6.61 Å². The van der Waals surface area contributed by atoms with Crippen molar-refractivity contribution in [2.45, 2.75) is 37.0 Å². The number of methoxy groups -OCH3 is 1. The Hall–Kier alpha value is -1.02. The molecule has 0 amide bonds. The third kappa shape index (κ3) is 2.46. The summed E-state index contributed by atoms with van der Waals surface area (Å²) in [5.74, 6) is 0. The van der Waals surface area contributed by atoms with Crippen LogP contribution in [0, 0.1) is 0 Å². The molecule has 2 heterocycles. The third-order valence-corrected chi connectivity index (χ3v) is 3.64. The van der Waals surface area contributed by atoms with E-state index in [4.69, 9.17) is 18.9 Å². The predicted octanol–water partition coefficient (Wildman–Crippen LogP) is 0.194. The smallest absolute Gasteiger partial charge is 0.186 e. The molecule has 110 valence electrons. The van der Waals surface area contributed by atoms with Gasteiger partial charge < -0.3 is 29.2 Å². The van der Waals surface area contributed by atoms with Crippen molar-refractivity contribution in [2.75, 3.05) is 13.7 Å². The molecule has 0 aliphatic carbocycles. The Kier molecular flexibility index (Phi) is 4.02. The van der Waals surface area contributed by atoms with Gasteiger partial charge >= 0.3 is 0 Å². The van der Waals surface area contributed by atoms with E-state index in [0.29, 0.717) is 0 Å². The van der Waals surface area contributed by atoms with Crippen LogP contribution in [-0.4, -0.2) is 54.6 Å². The summed E-state index contributed by atoms with van der Waals surface area (Å²) in [6, 6.07) is 9.45. The lowest BCUT2D eigenvalue weighted by Gasteiger charge is -2.45. The van der Waals surface area contributed by atoms with Gasteiger partial charge in [-0.1, -0.05) is 30.3 Å². The molecule has 0 bridgehead atoms. The van der Waals surface area contributed by atoms with Crippen LogP contribution in [0.15, 0.2) is 30.3 Å². The van der Waals surface area contributed by atoms with Crippen molar-refractivity contribution < 1.29 is 29.2 Å². The molecule has 2 saturated heterocycles. The molecule has 1 aromatic rings. The zero-order valence-electron chi connectivity index (χ0n) is 11.1. The fourth-order valence-corrected chi connectivity index (χ4v) is 2.55. The highest BCUT2D eigenvalue weighted by Crippen LogP contribution is 2.33. The quantitative estimate of drug-likeness (QED) is 0.806. The van der Waals surface area contributed by atoms with E-state index in [2.05, 4.69) is 0 Å². The van der Waals surface area contributed by atoms with E-state index in [0.717, 1.165) is 5.56 Å². The summed E-state index contributed by atoms with van der Waals surface area (Å²) in [6.45, 7) is 0.272. The van der Waals surface area contributed by atoms with E-state index in [1.54, 1.807) is 0 Å². The number of aliphatic hydroxyl groups is 2. The van der Waals surface area contributed by atoms with Gasteiger partial charge in [0.2, 0.25) is 0 Å². The van der Waals surface area contributed by atoms with Crippen LogP contribution >= 0.6 is 0 Å². The van der Waals surface area contributed by atoms with E-state index in [9.17, 15) is 10.2 Å². The largest absolute Gasteiger partial charge is 0.387 e. The number of fused-ring (bicyclic) bond motifs is 1. The van der Waals surface area contributed by atoms with Crippen molar-refractivity contribution in [3.05, 3.63) is 35.9 Å². The Morgan fingerprint density at radius 2 is 1.85 bits per heavy atom. The standard InChI is InChI=1S/C14H18O6/c1-17-14-11(16)10(15)12-9(19-14)7-18-13(20-12)8-5-3-2-4-6-8/h2-6,9-16H,7H2,1H3/t9?,10-,11-,12-,13?,14-/m1/s1. The van der Waals surface area contributed by atoms with Crippen molar-refractivity contribution in [3.8, 4) is 0 Å². The molecule has 0 saturated carbocycles. The molecular weight excluding hydrogens is 264 g/mol. The van der Waals surface area contributed by atoms with Gasteiger partial charge in [-0.05, 0) is 0 Å². The van der Waals surface area contributed by atoms with Crippen LogP contribution in [0.4, 0.5) is 0 Å². The van der Waals surface area contributed by atoms with E-state index < -0.39 is 37.0 Å². The second-order valence-corrected chi connectivity index (χ2v) is 4.94. The van der Waals surface area contributed by atoms with Crippen molar-refractivity contribution >= 4 is 0 Å². The van der Waals surface area contributed by atoms with Crippen molar-refractivity contribution in [1.29, 1.82) is 0 Å². The molecular formula is C14H18O6. The van der Waals surface area contributed by atoms with E-state index >= 15 is 0 Å². The maximum Gasteiger partial charge on any atom is 0.186 e. The van der Waals surface area contributed by atoms with Crippen molar-refractivity contribution in [3.63, 3.8) is 0 Å². The summed E-state index contributed by atoms with van der Waals surface area (Å²) in [4.78, 5) is 0. The van der Waals surface area contributed by atoms with Gasteiger partial charge in [0, 0.05) is 12.7 Å². The number of benzene rings is 1. The average molecular weight is 282 g/mol. The SMILES string of the molecule is CO[C@@H]1OC2COC(c3ccccc3)O[C@H]2[C@H](O)[C@H]1O. The summed E-state index contributed by atoms with van der Waals surface area (Å²) in [7, 11) is 1.41. The van der Waals surface area contributed by atoms with Gasteiger partial charge in [0.15, 0.2) is 12.6 Å². The molecule has 2 unspecified atom stereocenters. The lowest BCUT2D eigenvalue weighted by Crippen LogP contribution is -2.62. The highest BCUT2D eigenvalue weighted by Gasteiger charge is 2.48. The summed E-state index contributed by atoms with van der Waals surface area (Å²) in [5, 5.41) is 20.1. The molecule has 1 aromatic carbocycles. The molecule has 20 heavy (non-hydrogen) atoms. The molecule has 2 aliphatic heterocycles. The molecule has 6 atom stereocenters. The van der Waals surface area contributed by atoms with E-state index in [-0.39, 0.29) is 6.61 Å². The van der Waals surface area contributed by atoms with Gasteiger partial charge in [-0.2, -0.15) is 0 Å². The van der Waals surface area contributed by atoms with E-state index in [1.165, 1.54) is 7.11 Å². The fourth-order valence-electron chi connectivity index (χ4n) is 2.55. The first-order valence-electron chi connectivity index (χ1n) is 6.57. The van der Waals surface area contributed by atoms with Crippen LogP contribution in [0.5, 0.6) is 0 Å². The second kappa shape index (κ2) is 5.77. The Labute approximate surface area is 116 Å². The first kappa shape index (κ1) is 13.9. The summed E-state index contributed by atoms with van der Waals surface area (Å²) < 4.78 is 21.9. The molecule has 6 nitrogen and oxygen atoms in total. The fraction of sp³-hybridized carbons (Fsp3) is 0.571. The highest BCUT2D eigenvalue weighted by molar-refractivity contribution is 5.16. The van der Waals surface area contributed by atoms with Gasteiger partial charge in [0.1, 0.15) is 24.4 Å². The lowest BCUT2D eigenvalue weighted by atomic mass is 9.98. The number of hydrogen-bond donors (Lipinski definition) is 2. The summed E-state index contributed by atoms with van der Waals surface area (Å²) in [5.41, 5.74) is 0.863. The first-order chi connectivity index (χ1) is 9.70. The normalized spacial score (nSPS) is 41.1. The number of ether oxygens (including phenoxy) is 4. The maximum absolute atomic E-state index is 10.1. The predicted molar refractivity (Wildman–Crippen MR) is 67.7 cm³/mol. The minimum Gasteiger partial charge on any atom is -0.387 e. The monoisotopic (exact) mass is 282 g/mol. The van der Waals surface area contributed by atoms with Gasteiger partial charge in [-0.25, -0.2) is 0 Å². The molecule has 2 fully saturated rings. The Bertz CT molecular complexity index is 437. The molecule has 2 aliphatic rings. The third-order valence-electron chi connectivity index (χ3n) is 3.64. The van der Waals surface area contributed by atoms with Gasteiger partial charge in [0.25, 0.3) is 0 Å². The van der Waals surface area contributed by atoms with Crippen molar-refractivity contribution in [1.82, 2.24) is 0 Å². The molecule has 6 heteroatoms. The van der Waals surface area contributed by atoms with Crippen LogP contribution in [0.1, 0.15) is 11.9 Å². The van der Waals surface area contributed by atoms with Crippen LogP contribution in [0.25, 0.3) is 0 Å². The minimum absolute atomic E-state index is 0.272. The van der Waals surface area contributed by atoms with Crippen molar-refractivity contribution in [2.24, 2.45) is 0 Å². The van der Waals surface area contributed by atoms with Crippen LogP contribution in [-0.2, 0) is 18.9 Å². The maximum atomic E-state index is 10.1. The summed E-state index contributed by atoms with van der Waals surface area (Å²) >= 11 is 0. The van der Waals surface area contributed by atoms with Gasteiger partial charge in [-0.3, -0.25) is 0 Å². The zero-order chi connectivity index (χ0) is 14.1. The molecule has 0 spiro atoms. The van der Waals surface area contributed by atoms with Crippen LogP contribution < -0.4 is 0 Å². The Morgan fingerprint density at radius 3 is 2.55 bits per heavy atom. The zero-order valence-corrected chi connectivity index (χ0v) is 11.1. The highest BCUT2D eigenvalue weighted by atomic mass is 16.7. The lowest BCUT2D eigenvalue weighted by molar-refractivity contribution is -0.358. The molecule has 0 radical (unpaired) electrons. The number of aliphatic hydroxyl groups excluding tert-OH is 2. The Morgan fingerprint density at radius 1 is 1.10 bits per heavy atom. The van der Waals surface area contributed by atoms with Crippen LogP contribution in [0.2, 0.25) is 0 Å². The molecule has 3 rings (SSSR count). The number of rotatable bonds is 2. The molecule has 2 N–H and O–H groups in total. The van der Waals surface area contributed by atoms with Gasteiger partial charge in [-0.15, -0.1) is 0 Å². The topological polar surface area (TPSA) is 77.4 Å². The van der Waals surface area contributed by atoms with E-state index in [1.807, 2.05) is 30.3 Å². The first-order valence-corrected chi connectivity index (χ1v) is 6.57. The average Bonchev–Trinajstić information content (AvgIpc) is 2.51.